The van der Waals surface area contributed by atoms with E-state index in [1.807, 2.05) is 16.8 Å². The number of carbonyl (C=O) groups excluding carboxylic acids is 1. The molecule has 0 fully saturated rings. The van der Waals surface area contributed by atoms with Crippen LogP contribution in [0.15, 0.2) is 54.2 Å². The zero-order valence-electron chi connectivity index (χ0n) is 10.9. The van der Waals surface area contributed by atoms with Crippen LogP contribution in [0, 0.1) is 0 Å². The maximum atomic E-state index is 11.9. The number of oxime groups is 1. The van der Waals surface area contributed by atoms with Crippen LogP contribution in [0.5, 0.6) is 0 Å². The first-order valence-corrected chi connectivity index (χ1v) is 6.32. The highest BCUT2D eigenvalue weighted by Gasteiger charge is 2.13. The van der Waals surface area contributed by atoms with E-state index in [-0.39, 0.29) is 11.6 Å². The van der Waals surface area contributed by atoms with Gasteiger partial charge < -0.3 is 15.1 Å². The van der Waals surface area contributed by atoms with Gasteiger partial charge in [-0.05, 0) is 6.42 Å². The lowest BCUT2D eigenvalue weighted by atomic mass is 10.1. The van der Waals surface area contributed by atoms with Gasteiger partial charge in [0.1, 0.15) is 0 Å². The van der Waals surface area contributed by atoms with Crippen LogP contribution in [0.2, 0.25) is 0 Å². The number of rotatable bonds is 6. The van der Waals surface area contributed by atoms with Gasteiger partial charge in [0.05, 0.1) is 6.33 Å². The molecule has 0 atom stereocenters. The van der Waals surface area contributed by atoms with Gasteiger partial charge in [-0.15, -0.1) is 0 Å². The Bertz CT molecular complexity index is 564. The summed E-state index contributed by atoms with van der Waals surface area (Å²) in [6.45, 7) is 1.28. The average molecular weight is 272 g/mol. The predicted molar refractivity (Wildman–Crippen MR) is 74.6 cm³/mol. The minimum atomic E-state index is -0.385. The van der Waals surface area contributed by atoms with E-state index < -0.39 is 0 Å². The standard InChI is InChI=1S/C14H16N4O2/c19-14(13(17-20)12-5-2-1-3-6-12)16-7-4-9-18-10-8-15-11-18/h1-3,5-6,8,10-11,20H,4,7,9H2,(H,16,19). The summed E-state index contributed by atoms with van der Waals surface area (Å²) in [6.07, 6.45) is 6.08. The van der Waals surface area contributed by atoms with Crippen molar-refractivity contribution < 1.29 is 10.0 Å². The van der Waals surface area contributed by atoms with Crippen LogP contribution in [-0.4, -0.2) is 32.9 Å². The molecule has 0 saturated heterocycles. The van der Waals surface area contributed by atoms with Crippen molar-refractivity contribution >= 4 is 11.6 Å². The second kappa shape index (κ2) is 7.08. The fourth-order valence-corrected chi connectivity index (χ4v) is 1.80. The number of nitrogens with one attached hydrogen (secondary N) is 1. The van der Waals surface area contributed by atoms with E-state index in [1.165, 1.54) is 0 Å². The molecule has 0 spiro atoms. The number of hydrogen-bond donors (Lipinski definition) is 2. The van der Waals surface area contributed by atoms with Gasteiger partial charge in [0, 0.05) is 31.0 Å². The Kier molecular flexibility index (Phi) is 4.88. The van der Waals surface area contributed by atoms with Crippen molar-refractivity contribution in [2.24, 2.45) is 5.16 Å². The number of carbonyl (C=O) groups is 1. The number of nitrogens with zero attached hydrogens (tertiary/aromatic N) is 3. The summed E-state index contributed by atoms with van der Waals surface area (Å²) >= 11 is 0. The SMILES string of the molecule is O=C(NCCCn1ccnc1)C(=NO)c1ccccc1. The van der Waals surface area contributed by atoms with Crippen molar-refractivity contribution in [3.8, 4) is 0 Å². The molecule has 0 aliphatic heterocycles. The van der Waals surface area contributed by atoms with Crippen LogP contribution >= 0.6 is 0 Å². The Morgan fingerprint density at radius 2 is 2.15 bits per heavy atom. The number of benzene rings is 1. The summed E-state index contributed by atoms with van der Waals surface area (Å²) < 4.78 is 1.93. The van der Waals surface area contributed by atoms with E-state index in [1.54, 1.807) is 36.8 Å². The van der Waals surface area contributed by atoms with Gasteiger partial charge in [-0.3, -0.25) is 4.79 Å². The van der Waals surface area contributed by atoms with E-state index in [2.05, 4.69) is 15.5 Å². The molecule has 1 aromatic heterocycles. The van der Waals surface area contributed by atoms with Crippen LogP contribution in [0.1, 0.15) is 12.0 Å². The fraction of sp³-hybridized carbons (Fsp3) is 0.214. The lowest BCUT2D eigenvalue weighted by Crippen LogP contribution is -2.32. The van der Waals surface area contributed by atoms with E-state index in [0.717, 1.165) is 13.0 Å². The van der Waals surface area contributed by atoms with Gasteiger partial charge in [-0.25, -0.2) is 4.98 Å². The molecule has 0 aliphatic rings. The van der Waals surface area contributed by atoms with Crippen molar-refractivity contribution in [2.45, 2.75) is 13.0 Å². The second-order valence-electron chi connectivity index (χ2n) is 4.22. The highest BCUT2D eigenvalue weighted by Crippen LogP contribution is 2.01. The quantitative estimate of drug-likeness (QED) is 0.360. The first-order chi connectivity index (χ1) is 9.81. The van der Waals surface area contributed by atoms with Crippen molar-refractivity contribution in [2.75, 3.05) is 6.54 Å². The number of aromatic nitrogens is 2. The molecule has 104 valence electrons. The number of amides is 1. The minimum Gasteiger partial charge on any atom is -0.410 e. The maximum Gasteiger partial charge on any atom is 0.273 e. The third kappa shape index (κ3) is 3.68. The monoisotopic (exact) mass is 272 g/mol. The smallest absolute Gasteiger partial charge is 0.273 e. The predicted octanol–water partition coefficient (Wildman–Crippen LogP) is 1.27. The number of imidazole rings is 1. The third-order valence-corrected chi connectivity index (χ3v) is 2.80. The first-order valence-electron chi connectivity index (χ1n) is 6.32. The molecule has 2 N–H and O–H groups in total. The molecule has 2 rings (SSSR count). The Morgan fingerprint density at radius 1 is 1.35 bits per heavy atom. The minimum absolute atomic E-state index is 0.0215. The summed E-state index contributed by atoms with van der Waals surface area (Å²) in [5.41, 5.74) is 0.607. The molecular formula is C14H16N4O2. The van der Waals surface area contributed by atoms with E-state index >= 15 is 0 Å². The molecule has 0 unspecified atom stereocenters. The molecule has 0 radical (unpaired) electrons. The van der Waals surface area contributed by atoms with Crippen molar-refractivity contribution in [3.05, 3.63) is 54.6 Å². The molecule has 20 heavy (non-hydrogen) atoms. The molecule has 2 aromatic rings. The van der Waals surface area contributed by atoms with E-state index in [0.29, 0.717) is 12.1 Å². The third-order valence-electron chi connectivity index (χ3n) is 2.80. The van der Waals surface area contributed by atoms with Gasteiger partial charge in [-0.2, -0.15) is 0 Å². The Labute approximate surface area is 116 Å². The van der Waals surface area contributed by atoms with Crippen molar-refractivity contribution in [3.63, 3.8) is 0 Å². The van der Waals surface area contributed by atoms with Crippen molar-refractivity contribution in [1.29, 1.82) is 0 Å². The zero-order chi connectivity index (χ0) is 14.2. The Hall–Kier alpha value is -2.63. The average Bonchev–Trinajstić information content (AvgIpc) is 2.99. The lowest BCUT2D eigenvalue weighted by molar-refractivity contribution is -0.114. The van der Waals surface area contributed by atoms with E-state index in [9.17, 15) is 4.79 Å². The highest BCUT2D eigenvalue weighted by atomic mass is 16.4. The summed E-state index contributed by atoms with van der Waals surface area (Å²) in [5, 5.41) is 14.8. The topological polar surface area (TPSA) is 79.5 Å². The summed E-state index contributed by atoms with van der Waals surface area (Å²) in [7, 11) is 0. The fourth-order valence-electron chi connectivity index (χ4n) is 1.80. The van der Waals surface area contributed by atoms with Crippen molar-refractivity contribution in [1.82, 2.24) is 14.9 Å². The van der Waals surface area contributed by atoms with Gasteiger partial charge >= 0.3 is 0 Å². The molecule has 0 saturated carbocycles. The zero-order valence-corrected chi connectivity index (χ0v) is 10.9. The molecule has 1 heterocycles. The number of aryl methyl sites for hydroxylation is 1. The molecule has 0 aliphatic carbocycles. The summed E-state index contributed by atoms with van der Waals surface area (Å²) in [5.74, 6) is -0.385. The molecule has 0 bridgehead atoms. The Balaban J connectivity index is 1.82. The largest absolute Gasteiger partial charge is 0.410 e. The van der Waals surface area contributed by atoms with Crippen LogP contribution in [0.4, 0.5) is 0 Å². The van der Waals surface area contributed by atoms with Gasteiger partial charge in [0.25, 0.3) is 5.91 Å². The van der Waals surface area contributed by atoms with Gasteiger partial charge in [0.15, 0.2) is 5.71 Å². The Morgan fingerprint density at radius 3 is 2.80 bits per heavy atom. The first kappa shape index (κ1) is 13.8. The molecule has 6 nitrogen and oxygen atoms in total. The van der Waals surface area contributed by atoms with Gasteiger partial charge in [-0.1, -0.05) is 35.5 Å². The second-order valence-corrected chi connectivity index (χ2v) is 4.22. The summed E-state index contributed by atoms with van der Waals surface area (Å²) in [4.78, 5) is 15.9. The molecule has 1 amide bonds. The van der Waals surface area contributed by atoms with Crippen LogP contribution in [0.25, 0.3) is 0 Å². The molecule has 6 heteroatoms. The highest BCUT2D eigenvalue weighted by molar-refractivity contribution is 6.45. The van der Waals surface area contributed by atoms with Crippen LogP contribution in [0.3, 0.4) is 0 Å². The normalized spacial score (nSPS) is 11.3. The van der Waals surface area contributed by atoms with Crippen LogP contribution in [-0.2, 0) is 11.3 Å². The lowest BCUT2D eigenvalue weighted by Gasteiger charge is -2.07. The number of hydrogen-bond acceptors (Lipinski definition) is 4. The summed E-state index contributed by atoms with van der Waals surface area (Å²) in [6, 6.07) is 8.85. The maximum absolute atomic E-state index is 11.9. The molecular weight excluding hydrogens is 256 g/mol. The van der Waals surface area contributed by atoms with E-state index in [4.69, 9.17) is 5.21 Å². The van der Waals surface area contributed by atoms with Gasteiger partial charge in [0.2, 0.25) is 0 Å². The molecule has 1 aromatic carbocycles. The van der Waals surface area contributed by atoms with Crippen LogP contribution < -0.4 is 5.32 Å².